The smallest absolute Gasteiger partial charge is 0.250 e. The third-order valence-electron chi connectivity index (χ3n) is 7.05. The van der Waals surface area contributed by atoms with Crippen molar-refractivity contribution in [3.8, 4) is 11.5 Å². The summed E-state index contributed by atoms with van der Waals surface area (Å²) in [6.45, 7) is 1.49. The van der Waals surface area contributed by atoms with Crippen LogP contribution in [0.3, 0.4) is 0 Å². The zero-order chi connectivity index (χ0) is 29.4. The molecule has 0 saturated carbocycles. The summed E-state index contributed by atoms with van der Waals surface area (Å²) in [5.41, 5.74) is 1.31. The van der Waals surface area contributed by atoms with E-state index >= 15 is 0 Å². The number of ether oxygens (including phenoxy) is 3. The van der Waals surface area contributed by atoms with Crippen molar-refractivity contribution in [2.24, 2.45) is 5.92 Å². The van der Waals surface area contributed by atoms with Gasteiger partial charge in [0.05, 0.1) is 38.9 Å². The molecule has 214 valence electrons. The van der Waals surface area contributed by atoms with E-state index < -0.39 is 41.4 Å². The molecule has 0 spiro atoms. The van der Waals surface area contributed by atoms with Crippen molar-refractivity contribution in [1.82, 2.24) is 10.6 Å². The molecular formula is C32H34N2O7. The van der Waals surface area contributed by atoms with Gasteiger partial charge in [0.15, 0.2) is 0 Å². The molecule has 3 amide bonds. The maximum Gasteiger partial charge on any atom is 0.250 e. The number of methoxy groups -OCH3 is 2. The molecule has 0 aromatic heterocycles. The summed E-state index contributed by atoms with van der Waals surface area (Å²) in [6.07, 6.45) is 1.48. The van der Waals surface area contributed by atoms with Gasteiger partial charge in [-0.25, -0.2) is 0 Å². The number of benzene rings is 3. The molecule has 0 aliphatic carbocycles. The fourth-order valence-corrected chi connectivity index (χ4v) is 4.76. The van der Waals surface area contributed by atoms with Crippen LogP contribution in [0.15, 0.2) is 91.0 Å². The van der Waals surface area contributed by atoms with Crippen molar-refractivity contribution in [2.45, 2.75) is 31.1 Å². The van der Waals surface area contributed by atoms with Gasteiger partial charge in [-0.2, -0.15) is 0 Å². The van der Waals surface area contributed by atoms with E-state index in [2.05, 4.69) is 10.6 Å². The number of rotatable bonds is 12. The number of carbonyl (C=O) groups is 3. The standard InChI is InChI=1S/C32H34N2O7/c1-21(35)28(33-30(37)19-22-9-18-29(36)34-31(22)38)20-41-32(23-7-5-4-6-8-23,24-10-14-26(39-2)15-11-24)25-12-16-27(40-3)17-13-25/h4-18,21-22,28,35H,19-20H2,1-3H3,(H,33,37)(H,34,36,38)/t21-,22?,28-/m1/s1. The van der Waals surface area contributed by atoms with Crippen LogP contribution in [0.1, 0.15) is 30.0 Å². The summed E-state index contributed by atoms with van der Waals surface area (Å²) in [5, 5.41) is 15.6. The predicted octanol–water partition coefficient (Wildman–Crippen LogP) is 3.10. The molecule has 1 aliphatic rings. The number of aliphatic hydroxyl groups excluding tert-OH is 1. The van der Waals surface area contributed by atoms with Gasteiger partial charge in [0.25, 0.3) is 0 Å². The molecule has 3 N–H and O–H groups in total. The number of hydrogen-bond acceptors (Lipinski definition) is 7. The minimum atomic E-state index is -1.13. The molecule has 3 aromatic carbocycles. The molecule has 3 atom stereocenters. The lowest BCUT2D eigenvalue weighted by Gasteiger charge is -2.37. The van der Waals surface area contributed by atoms with Gasteiger partial charge in [-0.05, 0) is 47.9 Å². The first-order valence-corrected chi connectivity index (χ1v) is 13.3. The van der Waals surface area contributed by atoms with Crippen LogP contribution in [0.2, 0.25) is 0 Å². The minimum absolute atomic E-state index is 0.0679. The third-order valence-corrected chi connectivity index (χ3v) is 7.05. The van der Waals surface area contributed by atoms with Gasteiger partial charge in [0.2, 0.25) is 17.7 Å². The molecule has 0 saturated heterocycles. The number of amides is 3. The van der Waals surface area contributed by atoms with E-state index in [-0.39, 0.29) is 13.0 Å². The third kappa shape index (κ3) is 6.82. The molecule has 0 radical (unpaired) electrons. The maximum atomic E-state index is 12.9. The highest BCUT2D eigenvalue weighted by molar-refractivity contribution is 6.06. The van der Waals surface area contributed by atoms with Crippen LogP contribution >= 0.6 is 0 Å². The van der Waals surface area contributed by atoms with E-state index in [9.17, 15) is 19.5 Å². The van der Waals surface area contributed by atoms with Crippen LogP contribution in [0, 0.1) is 5.92 Å². The summed E-state index contributed by atoms with van der Waals surface area (Å²) >= 11 is 0. The molecule has 1 unspecified atom stereocenters. The van der Waals surface area contributed by atoms with E-state index in [1.165, 1.54) is 12.2 Å². The van der Waals surface area contributed by atoms with Crippen LogP contribution in [0.5, 0.6) is 11.5 Å². The number of imide groups is 1. The van der Waals surface area contributed by atoms with Crippen molar-refractivity contribution in [1.29, 1.82) is 0 Å². The number of carbonyl (C=O) groups excluding carboxylic acids is 3. The number of nitrogens with one attached hydrogen (secondary N) is 2. The van der Waals surface area contributed by atoms with Gasteiger partial charge in [-0.1, -0.05) is 60.7 Å². The topological polar surface area (TPSA) is 123 Å². The van der Waals surface area contributed by atoms with Crippen LogP contribution in [-0.4, -0.2) is 55.8 Å². The zero-order valence-electron chi connectivity index (χ0n) is 23.2. The highest BCUT2D eigenvalue weighted by Gasteiger charge is 2.39. The highest BCUT2D eigenvalue weighted by atomic mass is 16.5. The van der Waals surface area contributed by atoms with Crippen molar-refractivity contribution in [3.63, 3.8) is 0 Å². The first-order chi connectivity index (χ1) is 19.8. The highest BCUT2D eigenvalue weighted by Crippen LogP contribution is 2.41. The average molecular weight is 559 g/mol. The first-order valence-electron chi connectivity index (χ1n) is 13.3. The van der Waals surface area contributed by atoms with E-state index in [4.69, 9.17) is 14.2 Å². The number of hydrogen-bond donors (Lipinski definition) is 3. The quantitative estimate of drug-likeness (QED) is 0.231. The number of aliphatic hydroxyl groups is 1. The SMILES string of the molecule is COc1ccc(C(OC[C@@H](NC(=O)CC2C=CC(=O)NC2=O)[C@@H](C)O)(c2ccccc2)c2ccc(OC)cc2)cc1. The Morgan fingerprint density at radius 1 is 0.902 bits per heavy atom. The lowest BCUT2D eigenvalue weighted by atomic mass is 9.80. The summed E-state index contributed by atoms with van der Waals surface area (Å²) in [6, 6.07) is 23.9. The molecule has 4 rings (SSSR count). The van der Waals surface area contributed by atoms with Gasteiger partial charge < -0.3 is 24.6 Å². The fraction of sp³-hybridized carbons (Fsp3) is 0.281. The van der Waals surface area contributed by atoms with Gasteiger partial charge >= 0.3 is 0 Å². The molecular weight excluding hydrogens is 524 g/mol. The molecule has 0 bridgehead atoms. The molecule has 0 fully saturated rings. The van der Waals surface area contributed by atoms with Gasteiger partial charge in [-0.15, -0.1) is 0 Å². The van der Waals surface area contributed by atoms with E-state index in [0.717, 1.165) is 16.7 Å². The molecule has 1 aliphatic heterocycles. The summed E-state index contributed by atoms with van der Waals surface area (Å²) in [4.78, 5) is 36.4. The first kappa shape index (κ1) is 29.5. The van der Waals surface area contributed by atoms with E-state index in [1.807, 2.05) is 78.9 Å². The Balaban J connectivity index is 1.69. The van der Waals surface area contributed by atoms with E-state index in [0.29, 0.717) is 11.5 Å². The van der Waals surface area contributed by atoms with E-state index in [1.54, 1.807) is 21.1 Å². The second-order valence-corrected chi connectivity index (χ2v) is 9.75. The summed E-state index contributed by atoms with van der Waals surface area (Å²) < 4.78 is 17.6. The lowest BCUT2D eigenvalue weighted by molar-refractivity contribution is -0.134. The second kappa shape index (κ2) is 13.3. The van der Waals surface area contributed by atoms with Crippen LogP contribution in [0.4, 0.5) is 0 Å². The van der Waals surface area contributed by atoms with Crippen LogP contribution in [-0.2, 0) is 24.7 Å². The van der Waals surface area contributed by atoms with Crippen LogP contribution in [0.25, 0.3) is 0 Å². The molecule has 41 heavy (non-hydrogen) atoms. The van der Waals surface area contributed by atoms with Crippen molar-refractivity contribution >= 4 is 17.7 Å². The lowest BCUT2D eigenvalue weighted by Crippen LogP contribution is -2.49. The van der Waals surface area contributed by atoms with Gasteiger partial charge in [0, 0.05) is 12.5 Å². The largest absolute Gasteiger partial charge is 0.497 e. The Labute approximate surface area is 239 Å². The van der Waals surface area contributed by atoms with Crippen LogP contribution < -0.4 is 20.1 Å². The normalized spacial score (nSPS) is 16.4. The monoisotopic (exact) mass is 558 g/mol. The fourth-order valence-electron chi connectivity index (χ4n) is 4.76. The summed E-state index contributed by atoms with van der Waals surface area (Å²) in [7, 11) is 3.19. The second-order valence-electron chi connectivity index (χ2n) is 9.75. The van der Waals surface area contributed by atoms with Gasteiger partial charge in [0.1, 0.15) is 17.1 Å². The Bertz CT molecular complexity index is 1320. The Morgan fingerprint density at radius 3 is 1.93 bits per heavy atom. The van der Waals surface area contributed by atoms with Crippen molar-refractivity contribution in [2.75, 3.05) is 20.8 Å². The maximum absolute atomic E-state index is 12.9. The molecule has 9 heteroatoms. The Hall–Kier alpha value is -4.47. The molecule has 9 nitrogen and oxygen atoms in total. The Morgan fingerprint density at radius 2 is 1.44 bits per heavy atom. The minimum Gasteiger partial charge on any atom is -0.497 e. The average Bonchev–Trinajstić information content (AvgIpc) is 2.99. The van der Waals surface area contributed by atoms with Crippen molar-refractivity contribution in [3.05, 3.63) is 108 Å². The predicted molar refractivity (Wildman–Crippen MR) is 152 cm³/mol. The van der Waals surface area contributed by atoms with Crippen molar-refractivity contribution < 1.29 is 33.7 Å². The molecule has 3 aromatic rings. The summed E-state index contributed by atoms with van der Waals surface area (Å²) in [5.74, 6) is -0.942. The van der Waals surface area contributed by atoms with Gasteiger partial charge in [-0.3, -0.25) is 19.7 Å². The molecule has 1 heterocycles. The zero-order valence-corrected chi connectivity index (χ0v) is 23.2. The Kier molecular flexibility index (Phi) is 9.54.